The molecule has 0 spiro atoms. The van der Waals surface area contributed by atoms with Crippen molar-refractivity contribution in [3.8, 4) is 0 Å². The molecule has 0 unspecified atom stereocenters. The van der Waals surface area contributed by atoms with Gasteiger partial charge in [0.25, 0.3) is 11.8 Å². The number of carbonyl (C=O) groups is 3. The number of rotatable bonds is 5. The molecule has 152 valence electrons. The Labute approximate surface area is 168 Å². The summed E-state index contributed by atoms with van der Waals surface area (Å²) < 4.78 is 4.98. The smallest absolute Gasteiger partial charge is 0.409 e. The lowest BCUT2D eigenvalue weighted by Gasteiger charge is -2.34. The molecule has 1 fully saturated rings. The van der Waals surface area contributed by atoms with E-state index < -0.39 is 0 Å². The summed E-state index contributed by atoms with van der Waals surface area (Å²) in [5.41, 5.74) is 1.52. The maximum absolute atomic E-state index is 12.8. The molecule has 2 aromatic heterocycles. The number of hydrogen-bond donors (Lipinski definition) is 1. The van der Waals surface area contributed by atoms with E-state index in [1.54, 1.807) is 35.2 Å². The van der Waals surface area contributed by atoms with Gasteiger partial charge < -0.3 is 19.9 Å². The van der Waals surface area contributed by atoms with Crippen LogP contribution in [-0.2, 0) is 11.3 Å². The van der Waals surface area contributed by atoms with Crippen LogP contribution < -0.4 is 5.32 Å². The molecule has 0 atom stereocenters. The third-order valence-corrected chi connectivity index (χ3v) is 4.52. The number of pyridine rings is 2. The van der Waals surface area contributed by atoms with Gasteiger partial charge in [0.05, 0.1) is 17.7 Å². The molecule has 0 saturated carbocycles. The average Bonchev–Trinajstić information content (AvgIpc) is 2.78. The van der Waals surface area contributed by atoms with Crippen molar-refractivity contribution in [3.05, 3.63) is 59.7 Å². The van der Waals surface area contributed by atoms with Crippen LogP contribution >= 0.6 is 0 Å². The second-order valence-electron chi connectivity index (χ2n) is 6.48. The highest BCUT2D eigenvalue weighted by atomic mass is 16.6. The number of aromatic nitrogens is 2. The molecule has 9 nitrogen and oxygen atoms in total. The van der Waals surface area contributed by atoms with E-state index in [1.807, 2.05) is 6.07 Å². The van der Waals surface area contributed by atoms with E-state index >= 15 is 0 Å². The molecule has 3 rings (SSSR count). The fraction of sp³-hybridized carbons (Fsp3) is 0.350. The minimum Gasteiger partial charge on any atom is -0.450 e. The fourth-order valence-corrected chi connectivity index (χ4v) is 2.96. The monoisotopic (exact) mass is 397 g/mol. The second kappa shape index (κ2) is 9.63. The zero-order valence-electron chi connectivity index (χ0n) is 16.2. The first kappa shape index (κ1) is 20.2. The molecule has 1 aliphatic rings. The quantitative estimate of drug-likeness (QED) is 0.816. The van der Waals surface area contributed by atoms with E-state index in [0.29, 0.717) is 50.5 Å². The van der Waals surface area contributed by atoms with Crippen molar-refractivity contribution in [1.29, 1.82) is 0 Å². The van der Waals surface area contributed by atoms with E-state index in [9.17, 15) is 14.4 Å². The minimum absolute atomic E-state index is 0.220. The largest absolute Gasteiger partial charge is 0.450 e. The summed E-state index contributed by atoms with van der Waals surface area (Å²) in [7, 11) is 0. The van der Waals surface area contributed by atoms with Gasteiger partial charge in [-0.25, -0.2) is 4.79 Å². The van der Waals surface area contributed by atoms with Crippen molar-refractivity contribution in [2.24, 2.45) is 0 Å². The van der Waals surface area contributed by atoms with Crippen molar-refractivity contribution in [1.82, 2.24) is 25.1 Å². The Morgan fingerprint density at radius 3 is 2.45 bits per heavy atom. The zero-order chi connectivity index (χ0) is 20.6. The van der Waals surface area contributed by atoms with Crippen molar-refractivity contribution in [3.63, 3.8) is 0 Å². The molecular formula is C20H23N5O4. The highest BCUT2D eigenvalue weighted by molar-refractivity contribution is 5.99. The molecule has 1 N–H and O–H groups in total. The second-order valence-corrected chi connectivity index (χ2v) is 6.48. The standard InChI is InChI=1S/C20H23N5O4/c1-2-29-20(28)25-8-6-24(7-9-25)19(27)17-10-16(13-22-14-17)18(26)23-12-15-4-3-5-21-11-15/h3-5,10-11,13-14H,2,6-9,12H2,1H3,(H,23,26). The van der Waals surface area contributed by atoms with Crippen LogP contribution in [0.5, 0.6) is 0 Å². The molecule has 0 radical (unpaired) electrons. The number of nitrogens with zero attached hydrogens (tertiary/aromatic N) is 4. The van der Waals surface area contributed by atoms with Crippen LogP contribution in [0.3, 0.4) is 0 Å². The van der Waals surface area contributed by atoms with Gasteiger partial charge in [0.1, 0.15) is 0 Å². The van der Waals surface area contributed by atoms with Gasteiger partial charge in [-0.1, -0.05) is 6.07 Å². The van der Waals surface area contributed by atoms with Crippen LogP contribution in [-0.4, -0.2) is 70.5 Å². The third kappa shape index (κ3) is 5.28. The lowest BCUT2D eigenvalue weighted by Crippen LogP contribution is -2.50. The van der Waals surface area contributed by atoms with Crippen molar-refractivity contribution >= 4 is 17.9 Å². The molecule has 29 heavy (non-hydrogen) atoms. The van der Waals surface area contributed by atoms with Crippen LogP contribution in [0, 0.1) is 0 Å². The van der Waals surface area contributed by atoms with Crippen molar-refractivity contribution in [2.45, 2.75) is 13.5 Å². The number of hydrogen-bond acceptors (Lipinski definition) is 6. The molecule has 0 aromatic carbocycles. The Balaban J connectivity index is 1.58. The molecule has 1 saturated heterocycles. The Kier molecular flexibility index (Phi) is 6.72. The number of piperazine rings is 1. The van der Waals surface area contributed by atoms with Crippen molar-refractivity contribution < 1.29 is 19.1 Å². The van der Waals surface area contributed by atoms with Crippen LogP contribution in [0.1, 0.15) is 33.2 Å². The molecular weight excluding hydrogens is 374 g/mol. The van der Waals surface area contributed by atoms with Crippen molar-refractivity contribution in [2.75, 3.05) is 32.8 Å². The highest BCUT2D eigenvalue weighted by Crippen LogP contribution is 2.11. The number of amides is 3. The molecule has 2 aromatic rings. The lowest BCUT2D eigenvalue weighted by molar-refractivity contribution is 0.0570. The van der Waals surface area contributed by atoms with Gasteiger partial charge in [-0.05, 0) is 24.6 Å². The van der Waals surface area contributed by atoms with Gasteiger partial charge in [-0.15, -0.1) is 0 Å². The third-order valence-electron chi connectivity index (χ3n) is 4.52. The van der Waals surface area contributed by atoms with Crippen LogP contribution in [0.15, 0.2) is 43.0 Å². The molecule has 3 amide bonds. The molecule has 0 bridgehead atoms. The zero-order valence-corrected chi connectivity index (χ0v) is 16.2. The van der Waals surface area contributed by atoms with Gasteiger partial charge >= 0.3 is 6.09 Å². The molecule has 1 aliphatic heterocycles. The Hall–Kier alpha value is -3.49. The summed E-state index contributed by atoms with van der Waals surface area (Å²) >= 11 is 0. The lowest BCUT2D eigenvalue weighted by atomic mass is 10.1. The summed E-state index contributed by atoms with van der Waals surface area (Å²) in [4.78, 5) is 48.2. The predicted molar refractivity (Wildman–Crippen MR) is 104 cm³/mol. The summed E-state index contributed by atoms with van der Waals surface area (Å²) in [5, 5.41) is 2.79. The first-order valence-corrected chi connectivity index (χ1v) is 9.41. The van der Waals surface area contributed by atoms with E-state index in [1.165, 1.54) is 18.5 Å². The normalized spacial score (nSPS) is 13.7. The summed E-state index contributed by atoms with van der Waals surface area (Å²) in [6, 6.07) is 5.19. The minimum atomic E-state index is -0.367. The van der Waals surface area contributed by atoms with E-state index in [0.717, 1.165) is 5.56 Å². The summed E-state index contributed by atoms with van der Waals surface area (Å²) in [6.07, 6.45) is 5.84. The Morgan fingerprint density at radius 2 is 1.76 bits per heavy atom. The van der Waals surface area contributed by atoms with Crippen LogP contribution in [0.2, 0.25) is 0 Å². The average molecular weight is 397 g/mol. The van der Waals surface area contributed by atoms with E-state index in [-0.39, 0.29) is 17.9 Å². The van der Waals surface area contributed by atoms with Gasteiger partial charge in [0, 0.05) is 57.5 Å². The maximum Gasteiger partial charge on any atom is 0.409 e. The first-order valence-electron chi connectivity index (χ1n) is 9.41. The number of ether oxygens (including phenoxy) is 1. The molecule has 9 heteroatoms. The Morgan fingerprint density at radius 1 is 1.03 bits per heavy atom. The van der Waals surface area contributed by atoms with Gasteiger partial charge in [0.15, 0.2) is 0 Å². The summed E-state index contributed by atoms with van der Waals surface area (Å²) in [6.45, 7) is 4.02. The van der Waals surface area contributed by atoms with Gasteiger partial charge in [0.2, 0.25) is 0 Å². The summed E-state index contributed by atoms with van der Waals surface area (Å²) in [5.74, 6) is -0.536. The van der Waals surface area contributed by atoms with Gasteiger partial charge in [-0.2, -0.15) is 0 Å². The first-order chi connectivity index (χ1) is 14.1. The number of nitrogens with one attached hydrogen (secondary N) is 1. The highest BCUT2D eigenvalue weighted by Gasteiger charge is 2.26. The Bertz CT molecular complexity index is 866. The van der Waals surface area contributed by atoms with Crippen LogP contribution in [0.25, 0.3) is 0 Å². The molecule has 3 heterocycles. The van der Waals surface area contributed by atoms with Gasteiger partial charge in [-0.3, -0.25) is 19.6 Å². The van der Waals surface area contributed by atoms with E-state index in [2.05, 4.69) is 15.3 Å². The maximum atomic E-state index is 12.8. The SMILES string of the molecule is CCOC(=O)N1CCN(C(=O)c2cncc(C(=O)NCc3cccnc3)c2)CC1. The molecule has 0 aliphatic carbocycles. The van der Waals surface area contributed by atoms with E-state index in [4.69, 9.17) is 4.74 Å². The van der Waals surface area contributed by atoms with Crippen LogP contribution in [0.4, 0.5) is 4.79 Å². The topological polar surface area (TPSA) is 105 Å². The number of carbonyl (C=O) groups excluding carboxylic acids is 3. The predicted octanol–water partition coefficient (Wildman–Crippen LogP) is 1.32. The fourth-order valence-electron chi connectivity index (χ4n) is 2.96.